The average Bonchev–Trinajstić information content (AvgIpc) is 2.74. The van der Waals surface area contributed by atoms with Crippen LogP contribution in [0.15, 0.2) is 0 Å². The van der Waals surface area contributed by atoms with Gasteiger partial charge in [-0.05, 0) is 44.9 Å². The predicted octanol–water partition coefficient (Wildman–Crippen LogP) is 2.03. The Morgan fingerprint density at radius 3 is 2.59 bits per heavy atom. The predicted molar refractivity (Wildman–Crippen MR) is 61.1 cm³/mol. The summed E-state index contributed by atoms with van der Waals surface area (Å²) in [7, 11) is 0. The van der Waals surface area contributed by atoms with Crippen molar-refractivity contribution in [1.82, 2.24) is 4.90 Å². The van der Waals surface area contributed by atoms with E-state index in [9.17, 15) is 9.59 Å². The van der Waals surface area contributed by atoms with Crippen LogP contribution in [0.3, 0.4) is 0 Å². The Hall–Kier alpha value is -1.06. The van der Waals surface area contributed by atoms with Crippen LogP contribution in [0, 0.1) is 23.7 Å². The van der Waals surface area contributed by atoms with Crippen molar-refractivity contribution in [2.45, 2.75) is 45.8 Å². The molecule has 3 aliphatic carbocycles. The van der Waals surface area contributed by atoms with Crippen LogP contribution >= 0.6 is 0 Å². The van der Waals surface area contributed by atoms with Crippen molar-refractivity contribution in [2.24, 2.45) is 23.7 Å². The Morgan fingerprint density at radius 2 is 2.06 bits per heavy atom. The minimum atomic E-state index is -0.534. The van der Waals surface area contributed by atoms with Gasteiger partial charge in [0.05, 0.1) is 0 Å². The fourth-order valence-electron chi connectivity index (χ4n) is 3.95. The van der Waals surface area contributed by atoms with E-state index in [0.717, 1.165) is 6.42 Å². The third kappa shape index (κ3) is 1.30. The highest BCUT2D eigenvalue weighted by Gasteiger charge is 2.70. The van der Waals surface area contributed by atoms with E-state index in [0.29, 0.717) is 17.8 Å². The smallest absolute Gasteiger partial charge is 0.417 e. The molecule has 0 radical (unpaired) electrons. The van der Waals surface area contributed by atoms with Gasteiger partial charge in [-0.3, -0.25) is 4.79 Å². The quantitative estimate of drug-likeness (QED) is 0.647. The minimum absolute atomic E-state index is 0.00333. The van der Waals surface area contributed by atoms with Crippen molar-refractivity contribution >= 4 is 12.0 Å². The molecular formula is C13H19NO3. The maximum Gasteiger partial charge on any atom is 0.417 e. The Morgan fingerprint density at radius 1 is 1.41 bits per heavy atom. The Kier molecular flexibility index (Phi) is 1.97. The molecule has 4 nitrogen and oxygen atoms in total. The summed E-state index contributed by atoms with van der Waals surface area (Å²) in [6.45, 7) is 7.67. The monoisotopic (exact) mass is 237 g/mol. The van der Waals surface area contributed by atoms with E-state index in [1.807, 2.05) is 20.8 Å². The summed E-state index contributed by atoms with van der Waals surface area (Å²) >= 11 is 0. The number of piperidine rings is 1. The lowest BCUT2D eigenvalue weighted by Gasteiger charge is -2.38. The zero-order valence-corrected chi connectivity index (χ0v) is 10.8. The maximum absolute atomic E-state index is 12.1. The summed E-state index contributed by atoms with van der Waals surface area (Å²) in [5.74, 6) is 1.64. The maximum atomic E-state index is 12.1. The zero-order valence-electron chi connectivity index (χ0n) is 10.8. The summed E-state index contributed by atoms with van der Waals surface area (Å²) in [4.78, 5) is 25.5. The van der Waals surface area contributed by atoms with Crippen LogP contribution in [0.2, 0.25) is 0 Å². The lowest BCUT2D eigenvalue weighted by atomic mass is 9.65. The molecule has 3 saturated carbocycles. The molecular weight excluding hydrogens is 218 g/mol. The van der Waals surface area contributed by atoms with Crippen LogP contribution in [0.25, 0.3) is 0 Å². The average molecular weight is 237 g/mol. The molecule has 4 heteroatoms. The molecule has 0 aromatic rings. The van der Waals surface area contributed by atoms with Crippen molar-refractivity contribution in [3.63, 3.8) is 0 Å². The number of amides is 2. The van der Waals surface area contributed by atoms with Crippen LogP contribution in [0.1, 0.15) is 34.1 Å². The minimum Gasteiger partial charge on any atom is -0.443 e. The topological polar surface area (TPSA) is 46.6 Å². The molecule has 4 bridgehead atoms. The van der Waals surface area contributed by atoms with Crippen molar-refractivity contribution in [3.8, 4) is 0 Å². The lowest BCUT2D eigenvalue weighted by Crippen LogP contribution is -2.46. The summed E-state index contributed by atoms with van der Waals surface area (Å²) < 4.78 is 5.31. The van der Waals surface area contributed by atoms with Gasteiger partial charge in [0.25, 0.3) is 0 Å². The molecule has 0 aromatic carbocycles. The van der Waals surface area contributed by atoms with Crippen molar-refractivity contribution in [1.29, 1.82) is 0 Å². The molecule has 4 aliphatic rings. The summed E-state index contributed by atoms with van der Waals surface area (Å²) in [6, 6.07) is 0.113. The van der Waals surface area contributed by atoms with Crippen LogP contribution in [0.4, 0.5) is 4.79 Å². The molecule has 2 amide bonds. The van der Waals surface area contributed by atoms with E-state index < -0.39 is 11.7 Å². The first-order chi connectivity index (χ1) is 7.81. The molecule has 4 rings (SSSR count). The number of hydrogen-bond donors (Lipinski definition) is 0. The molecule has 0 aromatic heterocycles. The highest BCUT2D eigenvalue weighted by atomic mass is 16.6. The van der Waals surface area contributed by atoms with Gasteiger partial charge in [0.15, 0.2) is 0 Å². The second-order valence-electron chi connectivity index (χ2n) is 6.62. The fraction of sp³-hybridized carbons (Fsp3) is 0.846. The summed E-state index contributed by atoms with van der Waals surface area (Å²) in [6.07, 6.45) is 0.536. The van der Waals surface area contributed by atoms with Gasteiger partial charge >= 0.3 is 6.09 Å². The molecule has 94 valence electrons. The van der Waals surface area contributed by atoms with Crippen LogP contribution in [-0.2, 0) is 9.53 Å². The second-order valence-corrected chi connectivity index (χ2v) is 6.62. The summed E-state index contributed by atoms with van der Waals surface area (Å²) in [5.41, 5.74) is -0.534. The second kappa shape index (κ2) is 3.03. The normalized spacial score (nSPS) is 42.7. The molecule has 1 aliphatic heterocycles. The lowest BCUT2D eigenvalue weighted by molar-refractivity contribution is -0.138. The number of likely N-dealkylation sites (tertiary alicyclic amines) is 1. The third-order valence-electron chi connectivity index (χ3n) is 4.56. The van der Waals surface area contributed by atoms with Gasteiger partial charge in [0.2, 0.25) is 5.91 Å². The first-order valence-electron chi connectivity index (χ1n) is 6.37. The number of carbonyl (C=O) groups is 2. The van der Waals surface area contributed by atoms with Crippen molar-refractivity contribution in [2.75, 3.05) is 0 Å². The van der Waals surface area contributed by atoms with Crippen molar-refractivity contribution < 1.29 is 14.3 Å². The van der Waals surface area contributed by atoms with Gasteiger partial charge in [0, 0.05) is 12.0 Å². The van der Waals surface area contributed by atoms with Crippen molar-refractivity contribution in [3.05, 3.63) is 0 Å². The standard InChI is InChI=1S/C13H19NO3/c1-6-7-5-8-9(6)10(7)11(15)14(8)12(16)17-13(2,3)4/h6-10H,5H2,1-4H3. The first kappa shape index (κ1) is 11.1. The number of rotatable bonds is 0. The Balaban J connectivity index is 1.78. The summed E-state index contributed by atoms with van der Waals surface area (Å²) in [5, 5.41) is 0. The molecule has 17 heavy (non-hydrogen) atoms. The molecule has 1 saturated heterocycles. The SMILES string of the molecule is CC1C2CC3C1C2C(=O)N3C(=O)OC(C)(C)C. The largest absolute Gasteiger partial charge is 0.443 e. The zero-order chi connectivity index (χ0) is 12.5. The molecule has 1 heterocycles. The molecule has 5 unspecified atom stereocenters. The highest BCUT2D eigenvalue weighted by Crippen LogP contribution is 2.64. The third-order valence-corrected chi connectivity index (χ3v) is 4.56. The number of hydrogen-bond acceptors (Lipinski definition) is 3. The number of carbonyl (C=O) groups excluding carboxylic acids is 2. The van der Waals surface area contributed by atoms with Gasteiger partial charge in [-0.1, -0.05) is 6.92 Å². The van der Waals surface area contributed by atoms with Gasteiger partial charge in [0.1, 0.15) is 5.60 Å². The Bertz CT molecular complexity index is 398. The highest BCUT2D eigenvalue weighted by molar-refractivity contribution is 5.98. The molecule has 4 fully saturated rings. The van der Waals surface area contributed by atoms with Crippen LogP contribution in [-0.4, -0.2) is 28.5 Å². The first-order valence-corrected chi connectivity index (χ1v) is 6.37. The van der Waals surface area contributed by atoms with Gasteiger partial charge in [-0.25, -0.2) is 9.69 Å². The van der Waals surface area contributed by atoms with E-state index in [1.54, 1.807) is 0 Å². The van der Waals surface area contributed by atoms with E-state index in [-0.39, 0.29) is 17.9 Å². The Labute approximate surface area is 101 Å². The van der Waals surface area contributed by atoms with E-state index in [4.69, 9.17) is 4.74 Å². The number of imide groups is 1. The van der Waals surface area contributed by atoms with E-state index in [2.05, 4.69) is 6.92 Å². The molecule has 0 N–H and O–H groups in total. The van der Waals surface area contributed by atoms with Gasteiger partial charge in [-0.15, -0.1) is 0 Å². The van der Waals surface area contributed by atoms with Gasteiger partial charge in [-0.2, -0.15) is 0 Å². The van der Waals surface area contributed by atoms with E-state index in [1.165, 1.54) is 4.90 Å². The van der Waals surface area contributed by atoms with Gasteiger partial charge < -0.3 is 4.74 Å². The van der Waals surface area contributed by atoms with Crippen LogP contribution in [0.5, 0.6) is 0 Å². The number of ether oxygens (including phenoxy) is 1. The van der Waals surface area contributed by atoms with Crippen LogP contribution < -0.4 is 0 Å². The molecule has 0 spiro atoms. The number of nitrogens with zero attached hydrogens (tertiary/aromatic N) is 1. The molecule has 5 atom stereocenters. The fourth-order valence-corrected chi connectivity index (χ4v) is 3.95. The van der Waals surface area contributed by atoms with E-state index >= 15 is 0 Å².